The highest BCUT2D eigenvalue weighted by atomic mass is 16.6. The zero-order valence-corrected chi connectivity index (χ0v) is 12.5. The normalized spacial score (nSPS) is 10.5. The molecule has 0 aliphatic rings. The van der Waals surface area contributed by atoms with E-state index in [1.165, 1.54) is 0 Å². The smallest absolute Gasteiger partial charge is 0.426 e. The van der Waals surface area contributed by atoms with E-state index >= 15 is 0 Å². The molecule has 3 amide bonds. The Hall–Kier alpha value is -2.51. The molecule has 21 heavy (non-hydrogen) atoms. The SMILES string of the molecule is CCOc1ncccc1NC(=O)NNC(=O)OC(C)(C)C. The first-order chi connectivity index (χ1) is 9.81. The highest BCUT2D eigenvalue weighted by molar-refractivity contribution is 5.91. The van der Waals surface area contributed by atoms with E-state index in [4.69, 9.17) is 9.47 Å². The summed E-state index contributed by atoms with van der Waals surface area (Å²) in [5.74, 6) is 0.299. The van der Waals surface area contributed by atoms with Gasteiger partial charge in [0.15, 0.2) is 0 Å². The number of amides is 3. The van der Waals surface area contributed by atoms with Crippen molar-refractivity contribution in [2.24, 2.45) is 0 Å². The van der Waals surface area contributed by atoms with E-state index in [0.717, 1.165) is 0 Å². The topological polar surface area (TPSA) is 102 Å². The van der Waals surface area contributed by atoms with Crippen molar-refractivity contribution in [3.8, 4) is 5.88 Å². The Kier molecular flexibility index (Phi) is 5.77. The van der Waals surface area contributed by atoms with Crippen LogP contribution in [0.3, 0.4) is 0 Å². The summed E-state index contributed by atoms with van der Waals surface area (Å²) < 4.78 is 10.2. The molecular weight excluding hydrogens is 276 g/mol. The number of nitrogens with one attached hydrogen (secondary N) is 3. The Morgan fingerprint density at radius 2 is 2.00 bits per heavy atom. The number of hydrazine groups is 1. The van der Waals surface area contributed by atoms with Crippen LogP contribution in [0.2, 0.25) is 0 Å². The Bertz CT molecular complexity index is 499. The van der Waals surface area contributed by atoms with E-state index in [1.54, 1.807) is 39.1 Å². The number of anilines is 1. The fourth-order valence-electron chi connectivity index (χ4n) is 1.30. The van der Waals surface area contributed by atoms with Gasteiger partial charge in [-0.25, -0.2) is 25.4 Å². The lowest BCUT2D eigenvalue weighted by Gasteiger charge is -2.19. The van der Waals surface area contributed by atoms with E-state index in [1.807, 2.05) is 6.92 Å². The highest BCUT2D eigenvalue weighted by Gasteiger charge is 2.16. The molecule has 0 saturated carbocycles. The molecule has 1 rings (SSSR count). The van der Waals surface area contributed by atoms with Gasteiger partial charge in [0.2, 0.25) is 5.88 Å². The zero-order chi connectivity index (χ0) is 15.9. The summed E-state index contributed by atoms with van der Waals surface area (Å²) in [7, 11) is 0. The van der Waals surface area contributed by atoms with Gasteiger partial charge in [0.25, 0.3) is 0 Å². The number of nitrogens with zero attached hydrogens (tertiary/aromatic N) is 1. The van der Waals surface area contributed by atoms with Gasteiger partial charge >= 0.3 is 12.1 Å². The van der Waals surface area contributed by atoms with Crippen LogP contribution in [0.15, 0.2) is 18.3 Å². The fourth-order valence-corrected chi connectivity index (χ4v) is 1.30. The molecule has 0 saturated heterocycles. The van der Waals surface area contributed by atoms with Crippen molar-refractivity contribution >= 4 is 17.8 Å². The lowest BCUT2D eigenvalue weighted by Crippen LogP contribution is -2.46. The molecule has 1 aromatic rings. The molecule has 116 valence electrons. The Labute approximate surface area is 123 Å². The quantitative estimate of drug-likeness (QED) is 0.741. The molecule has 0 bridgehead atoms. The highest BCUT2D eigenvalue weighted by Crippen LogP contribution is 2.19. The standard InChI is InChI=1S/C13H20N4O4/c1-5-20-10-9(7-6-8-14-10)15-11(18)16-17-12(19)21-13(2,3)4/h6-8H,5H2,1-4H3,(H,17,19)(H2,15,16,18). The summed E-state index contributed by atoms with van der Waals surface area (Å²) in [6.45, 7) is 7.38. The van der Waals surface area contributed by atoms with Crippen molar-refractivity contribution in [1.82, 2.24) is 15.8 Å². The van der Waals surface area contributed by atoms with Gasteiger partial charge in [-0.3, -0.25) is 0 Å². The molecule has 0 aliphatic carbocycles. The molecule has 8 nitrogen and oxygen atoms in total. The van der Waals surface area contributed by atoms with Crippen LogP contribution < -0.4 is 20.9 Å². The second-order valence-electron chi connectivity index (χ2n) is 5.00. The Balaban J connectivity index is 2.49. The number of urea groups is 1. The number of carbonyl (C=O) groups is 2. The maximum atomic E-state index is 11.7. The predicted octanol–water partition coefficient (Wildman–Crippen LogP) is 2.04. The first-order valence-corrected chi connectivity index (χ1v) is 6.45. The number of rotatable bonds is 3. The molecule has 0 unspecified atom stereocenters. The van der Waals surface area contributed by atoms with Crippen LogP contribution in [0.4, 0.5) is 15.3 Å². The third-order valence-corrected chi connectivity index (χ3v) is 1.98. The summed E-state index contributed by atoms with van der Waals surface area (Å²) >= 11 is 0. The van der Waals surface area contributed by atoms with Gasteiger partial charge in [0, 0.05) is 6.20 Å². The Morgan fingerprint density at radius 1 is 1.29 bits per heavy atom. The van der Waals surface area contributed by atoms with Gasteiger partial charge in [0.1, 0.15) is 11.3 Å². The number of pyridine rings is 1. The van der Waals surface area contributed by atoms with Crippen molar-refractivity contribution in [1.29, 1.82) is 0 Å². The first-order valence-electron chi connectivity index (χ1n) is 6.45. The van der Waals surface area contributed by atoms with Gasteiger partial charge in [-0.2, -0.15) is 0 Å². The molecule has 8 heteroatoms. The van der Waals surface area contributed by atoms with Crippen LogP contribution in [-0.4, -0.2) is 29.3 Å². The van der Waals surface area contributed by atoms with Gasteiger partial charge in [0.05, 0.1) is 6.61 Å². The van der Waals surface area contributed by atoms with E-state index in [0.29, 0.717) is 18.2 Å². The molecule has 0 aliphatic heterocycles. The van der Waals surface area contributed by atoms with Crippen molar-refractivity contribution in [2.75, 3.05) is 11.9 Å². The maximum Gasteiger partial charge on any atom is 0.426 e. The van der Waals surface area contributed by atoms with Crippen LogP contribution >= 0.6 is 0 Å². The summed E-state index contributed by atoms with van der Waals surface area (Å²) in [6.07, 6.45) is 0.793. The maximum absolute atomic E-state index is 11.7. The van der Waals surface area contributed by atoms with E-state index in [2.05, 4.69) is 21.2 Å². The lowest BCUT2D eigenvalue weighted by molar-refractivity contribution is 0.0506. The molecule has 0 aromatic carbocycles. The van der Waals surface area contributed by atoms with Crippen molar-refractivity contribution in [3.05, 3.63) is 18.3 Å². The number of hydrogen-bond acceptors (Lipinski definition) is 5. The first kappa shape index (κ1) is 16.5. The molecule has 1 heterocycles. The monoisotopic (exact) mass is 296 g/mol. The van der Waals surface area contributed by atoms with Crippen LogP contribution in [0.1, 0.15) is 27.7 Å². The molecular formula is C13H20N4O4. The summed E-state index contributed by atoms with van der Waals surface area (Å²) in [6, 6.07) is 2.64. The fraction of sp³-hybridized carbons (Fsp3) is 0.462. The number of ether oxygens (including phenoxy) is 2. The summed E-state index contributed by atoms with van der Waals surface area (Å²) in [5, 5.41) is 2.51. The van der Waals surface area contributed by atoms with Crippen molar-refractivity contribution in [2.45, 2.75) is 33.3 Å². The summed E-state index contributed by atoms with van der Waals surface area (Å²) in [4.78, 5) is 27.0. The van der Waals surface area contributed by atoms with Crippen LogP contribution in [0, 0.1) is 0 Å². The number of carbonyl (C=O) groups excluding carboxylic acids is 2. The summed E-state index contributed by atoms with van der Waals surface area (Å²) in [5.41, 5.74) is 4.04. The third-order valence-electron chi connectivity index (χ3n) is 1.98. The van der Waals surface area contributed by atoms with Gasteiger partial charge in [-0.05, 0) is 39.8 Å². The van der Waals surface area contributed by atoms with Crippen LogP contribution in [0.5, 0.6) is 5.88 Å². The van der Waals surface area contributed by atoms with Gasteiger partial charge in [-0.15, -0.1) is 0 Å². The van der Waals surface area contributed by atoms with Gasteiger partial charge < -0.3 is 14.8 Å². The largest absolute Gasteiger partial charge is 0.476 e. The minimum absolute atomic E-state index is 0.299. The van der Waals surface area contributed by atoms with Crippen molar-refractivity contribution < 1.29 is 19.1 Å². The average Bonchev–Trinajstić information content (AvgIpc) is 2.37. The average molecular weight is 296 g/mol. The minimum atomic E-state index is -0.756. The number of aromatic nitrogens is 1. The van der Waals surface area contributed by atoms with E-state index in [-0.39, 0.29) is 0 Å². The molecule has 0 fully saturated rings. The van der Waals surface area contributed by atoms with E-state index < -0.39 is 17.7 Å². The number of hydrogen-bond donors (Lipinski definition) is 3. The molecule has 0 atom stereocenters. The van der Waals surface area contributed by atoms with Gasteiger partial charge in [-0.1, -0.05) is 0 Å². The van der Waals surface area contributed by atoms with Crippen molar-refractivity contribution in [3.63, 3.8) is 0 Å². The zero-order valence-electron chi connectivity index (χ0n) is 12.5. The molecule has 0 radical (unpaired) electrons. The second kappa shape index (κ2) is 7.32. The predicted molar refractivity (Wildman–Crippen MR) is 76.9 cm³/mol. The third kappa shape index (κ3) is 6.46. The Morgan fingerprint density at radius 3 is 2.62 bits per heavy atom. The second-order valence-corrected chi connectivity index (χ2v) is 5.00. The molecule has 1 aromatic heterocycles. The van der Waals surface area contributed by atoms with Crippen LogP contribution in [-0.2, 0) is 4.74 Å². The molecule has 0 spiro atoms. The lowest BCUT2D eigenvalue weighted by atomic mass is 10.2. The van der Waals surface area contributed by atoms with E-state index in [9.17, 15) is 9.59 Å². The van der Waals surface area contributed by atoms with Crippen LogP contribution in [0.25, 0.3) is 0 Å². The minimum Gasteiger partial charge on any atom is -0.476 e. The molecule has 3 N–H and O–H groups in total.